The van der Waals surface area contributed by atoms with Crippen molar-refractivity contribution in [2.75, 3.05) is 5.32 Å². The van der Waals surface area contributed by atoms with Crippen molar-refractivity contribution >= 4 is 33.4 Å². The molecule has 0 aromatic heterocycles. The molecule has 1 saturated carbocycles. The minimum absolute atomic E-state index is 0.0259. The number of hydrogen-bond donors (Lipinski definition) is 2. The maximum absolute atomic E-state index is 12.5. The number of nitrogens with one attached hydrogen (secondary N) is 2. The van der Waals surface area contributed by atoms with Crippen LogP contribution in [0.4, 0.5) is 11.4 Å². The Morgan fingerprint density at radius 1 is 1.07 bits per heavy atom. The third-order valence-electron chi connectivity index (χ3n) is 4.87. The van der Waals surface area contributed by atoms with Gasteiger partial charge in [0.25, 0.3) is 5.69 Å². The van der Waals surface area contributed by atoms with Crippen molar-refractivity contribution in [3.05, 3.63) is 70.3 Å². The second-order valence-corrected chi connectivity index (χ2v) is 8.87. The van der Waals surface area contributed by atoms with Crippen LogP contribution in [0.15, 0.2) is 59.5 Å². The zero-order valence-electron chi connectivity index (χ0n) is 16.3. The number of carbonyl (C=O) groups is 1. The second-order valence-electron chi connectivity index (χ2n) is 7.16. The lowest BCUT2D eigenvalue weighted by atomic mass is 9.96. The maximum atomic E-state index is 12.5. The first-order valence-corrected chi connectivity index (χ1v) is 11.2. The van der Waals surface area contributed by atoms with E-state index in [2.05, 4.69) is 10.0 Å². The van der Waals surface area contributed by atoms with Crippen LogP contribution in [0.3, 0.4) is 0 Å². The van der Waals surface area contributed by atoms with Gasteiger partial charge < -0.3 is 5.32 Å². The van der Waals surface area contributed by atoms with Gasteiger partial charge in [-0.2, -0.15) is 0 Å². The molecule has 1 aliphatic rings. The minimum atomic E-state index is -3.59. The number of carbonyl (C=O) groups excluding carboxylic acids is 1. The number of sulfonamides is 1. The van der Waals surface area contributed by atoms with E-state index in [0.29, 0.717) is 11.3 Å². The Morgan fingerprint density at radius 3 is 2.43 bits per heavy atom. The quantitative estimate of drug-likeness (QED) is 0.394. The first kappa shape index (κ1) is 21.7. The summed E-state index contributed by atoms with van der Waals surface area (Å²) in [5, 5.41) is 13.4. The first-order valence-electron chi connectivity index (χ1n) is 9.69. The summed E-state index contributed by atoms with van der Waals surface area (Å²) in [6.45, 7) is 0. The van der Waals surface area contributed by atoms with E-state index in [0.717, 1.165) is 32.1 Å². The number of nitrogens with zero attached hydrogens (tertiary/aromatic N) is 1. The Balaban J connectivity index is 1.60. The lowest BCUT2D eigenvalue weighted by molar-refractivity contribution is -0.384. The zero-order chi connectivity index (χ0) is 21.6. The highest BCUT2D eigenvalue weighted by atomic mass is 32.2. The fraction of sp³-hybridized carbons (Fsp3) is 0.286. The number of rotatable bonds is 7. The van der Waals surface area contributed by atoms with E-state index in [4.69, 9.17) is 0 Å². The van der Waals surface area contributed by atoms with Gasteiger partial charge in [0.15, 0.2) is 0 Å². The fourth-order valence-electron chi connectivity index (χ4n) is 3.32. The Bertz CT molecular complexity index is 1040. The van der Waals surface area contributed by atoms with Gasteiger partial charge in [-0.15, -0.1) is 0 Å². The standard InChI is InChI=1S/C21H23N3O5S/c25-21(14-9-16-5-4-8-19(15-16)24(26)27)22-17-10-12-20(13-11-17)30(28,29)23-18-6-2-1-3-7-18/h4-5,8-15,18,23H,1-3,6-7H2,(H,22,25)/b14-9+. The van der Waals surface area contributed by atoms with Gasteiger partial charge in [-0.05, 0) is 48.7 Å². The molecule has 2 aromatic carbocycles. The second kappa shape index (κ2) is 9.64. The number of amides is 1. The smallest absolute Gasteiger partial charge is 0.270 e. The summed E-state index contributed by atoms with van der Waals surface area (Å²) in [5.74, 6) is -0.433. The fourth-order valence-corrected chi connectivity index (χ4v) is 4.63. The van der Waals surface area contributed by atoms with E-state index in [1.54, 1.807) is 6.07 Å². The predicted octanol–water partition coefficient (Wildman–Crippen LogP) is 3.86. The molecule has 0 radical (unpaired) electrons. The molecule has 158 valence electrons. The SMILES string of the molecule is O=C(/C=C/c1cccc([N+](=O)[O-])c1)Nc1ccc(S(=O)(=O)NC2CCCCC2)cc1. The molecule has 30 heavy (non-hydrogen) atoms. The first-order chi connectivity index (χ1) is 14.3. The highest BCUT2D eigenvalue weighted by Gasteiger charge is 2.21. The molecule has 1 amide bonds. The third-order valence-corrected chi connectivity index (χ3v) is 6.40. The molecule has 2 N–H and O–H groups in total. The van der Waals surface area contributed by atoms with E-state index in [1.807, 2.05) is 0 Å². The molecule has 0 unspecified atom stereocenters. The van der Waals surface area contributed by atoms with Gasteiger partial charge in [0, 0.05) is 29.9 Å². The molecule has 1 aliphatic carbocycles. The van der Waals surface area contributed by atoms with Gasteiger partial charge in [0.05, 0.1) is 9.82 Å². The zero-order valence-corrected chi connectivity index (χ0v) is 17.1. The van der Waals surface area contributed by atoms with Gasteiger partial charge >= 0.3 is 0 Å². The minimum Gasteiger partial charge on any atom is -0.323 e. The number of benzene rings is 2. The van der Waals surface area contributed by atoms with E-state index >= 15 is 0 Å². The molecule has 0 bridgehead atoms. The Labute approximate surface area is 175 Å². The van der Waals surface area contributed by atoms with E-state index in [1.165, 1.54) is 54.6 Å². The van der Waals surface area contributed by atoms with Crippen LogP contribution in [0.2, 0.25) is 0 Å². The van der Waals surface area contributed by atoms with Crippen LogP contribution in [0.25, 0.3) is 6.08 Å². The molecule has 3 rings (SSSR count). The summed E-state index contributed by atoms with van der Waals surface area (Å²) >= 11 is 0. The van der Waals surface area contributed by atoms with Gasteiger partial charge in [-0.25, -0.2) is 13.1 Å². The normalized spacial score (nSPS) is 15.2. The lowest BCUT2D eigenvalue weighted by Crippen LogP contribution is -2.36. The van der Waals surface area contributed by atoms with Crippen LogP contribution < -0.4 is 10.0 Å². The lowest BCUT2D eigenvalue weighted by Gasteiger charge is -2.22. The van der Waals surface area contributed by atoms with Crippen molar-refractivity contribution in [3.63, 3.8) is 0 Å². The van der Waals surface area contributed by atoms with Crippen LogP contribution in [-0.2, 0) is 14.8 Å². The van der Waals surface area contributed by atoms with E-state index in [-0.39, 0.29) is 16.6 Å². The van der Waals surface area contributed by atoms with E-state index in [9.17, 15) is 23.3 Å². The molecule has 0 spiro atoms. The molecule has 9 heteroatoms. The summed E-state index contributed by atoms with van der Waals surface area (Å²) in [6.07, 6.45) is 7.63. The number of nitro benzene ring substituents is 1. The topological polar surface area (TPSA) is 118 Å². The van der Waals surface area contributed by atoms with Gasteiger partial charge in [-0.1, -0.05) is 31.4 Å². The van der Waals surface area contributed by atoms with Crippen molar-refractivity contribution in [1.29, 1.82) is 0 Å². The van der Waals surface area contributed by atoms with E-state index < -0.39 is 20.9 Å². The molecule has 0 atom stereocenters. The van der Waals surface area contributed by atoms with Crippen molar-refractivity contribution in [1.82, 2.24) is 4.72 Å². The number of nitro groups is 1. The molecule has 0 saturated heterocycles. The molecule has 0 aliphatic heterocycles. The summed E-state index contributed by atoms with van der Waals surface area (Å²) in [4.78, 5) is 22.5. The Morgan fingerprint density at radius 2 is 1.77 bits per heavy atom. The van der Waals surface area contributed by atoms with Gasteiger partial charge in [-0.3, -0.25) is 14.9 Å². The average Bonchev–Trinajstić information content (AvgIpc) is 2.73. The van der Waals surface area contributed by atoms with Crippen LogP contribution in [-0.4, -0.2) is 25.3 Å². The molecule has 2 aromatic rings. The third kappa shape index (κ3) is 5.98. The van der Waals surface area contributed by atoms with Crippen molar-refractivity contribution < 1.29 is 18.1 Å². The number of anilines is 1. The maximum Gasteiger partial charge on any atom is 0.270 e. The number of hydrogen-bond acceptors (Lipinski definition) is 5. The number of non-ortho nitro benzene ring substituents is 1. The molecular weight excluding hydrogens is 406 g/mol. The largest absolute Gasteiger partial charge is 0.323 e. The molecule has 1 fully saturated rings. The van der Waals surface area contributed by atoms with Crippen molar-refractivity contribution in [2.45, 2.75) is 43.0 Å². The monoisotopic (exact) mass is 429 g/mol. The summed E-state index contributed by atoms with van der Waals surface area (Å²) in [5.41, 5.74) is 0.908. The summed E-state index contributed by atoms with van der Waals surface area (Å²) in [7, 11) is -3.59. The van der Waals surface area contributed by atoms with Crippen molar-refractivity contribution in [2.24, 2.45) is 0 Å². The summed E-state index contributed by atoms with van der Waals surface area (Å²) < 4.78 is 27.8. The molecule has 8 nitrogen and oxygen atoms in total. The predicted molar refractivity (Wildman–Crippen MR) is 114 cm³/mol. The Hall–Kier alpha value is -3.04. The van der Waals surface area contributed by atoms with Gasteiger partial charge in [0.1, 0.15) is 0 Å². The van der Waals surface area contributed by atoms with Crippen LogP contribution in [0, 0.1) is 10.1 Å². The van der Waals surface area contributed by atoms with Crippen LogP contribution in [0.1, 0.15) is 37.7 Å². The average molecular weight is 429 g/mol. The summed E-state index contributed by atoms with van der Waals surface area (Å²) in [6, 6.07) is 11.8. The highest BCUT2D eigenvalue weighted by molar-refractivity contribution is 7.89. The van der Waals surface area contributed by atoms with Crippen LogP contribution >= 0.6 is 0 Å². The van der Waals surface area contributed by atoms with Crippen molar-refractivity contribution in [3.8, 4) is 0 Å². The Kier molecular flexibility index (Phi) is 6.96. The van der Waals surface area contributed by atoms with Gasteiger partial charge in [0.2, 0.25) is 15.9 Å². The highest BCUT2D eigenvalue weighted by Crippen LogP contribution is 2.21. The van der Waals surface area contributed by atoms with Crippen LogP contribution in [0.5, 0.6) is 0 Å². The molecule has 0 heterocycles. The molecular formula is C21H23N3O5S.